The molecular formula is C32H33NO3. The zero-order valence-electron chi connectivity index (χ0n) is 20.9. The molecule has 1 atom stereocenters. The predicted octanol–water partition coefficient (Wildman–Crippen LogP) is 7.05. The number of nitrogens with zero attached hydrogens (tertiary/aromatic N) is 1. The number of benzene rings is 4. The molecular weight excluding hydrogens is 446 g/mol. The lowest BCUT2D eigenvalue weighted by Gasteiger charge is -2.27. The fourth-order valence-electron chi connectivity index (χ4n) is 4.24. The van der Waals surface area contributed by atoms with Crippen LogP contribution in [0.1, 0.15) is 31.4 Å². The Balaban J connectivity index is 1.42. The number of rotatable bonds is 11. The molecule has 0 saturated carbocycles. The number of aliphatic hydroxyl groups excluding tert-OH is 1. The molecule has 0 amide bonds. The van der Waals surface area contributed by atoms with Crippen molar-refractivity contribution in [3.8, 4) is 5.75 Å². The lowest BCUT2D eigenvalue weighted by atomic mass is 9.99. The standard InChI is InChI=1S/C32H33NO3/c1-3-31(35)32(2,24-34)36-30-22-18-26(19-23-30)15-14-25-16-20-29(21-17-25)33(27-10-6-4-7-11-27)28-12-8-5-9-13-28/h4-13,16-23,34H,3,14-15,24H2,1-2H3. The van der Waals surface area contributed by atoms with Gasteiger partial charge in [-0.05, 0) is 79.4 Å². The van der Waals surface area contributed by atoms with Gasteiger partial charge in [0.25, 0.3) is 0 Å². The molecule has 0 aliphatic carbocycles. The second-order valence-electron chi connectivity index (χ2n) is 9.08. The van der Waals surface area contributed by atoms with Gasteiger partial charge in [0.2, 0.25) is 0 Å². The second kappa shape index (κ2) is 11.7. The molecule has 1 unspecified atom stereocenters. The number of hydrogen-bond acceptors (Lipinski definition) is 4. The number of aryl methyl sites for hydroxylation is 2. The van der Waals surface area contributed by atoms with Gasteiger partial charge in [0.05, 0.1) is 6.61 Å². The molecule has 4 aromatic carbocycles. The maximum Gasteiger partial charge on any atom is 0.187 e. The van der Waals surface area contributed by atoms with Gasteiger partial charge in [-0.3, -0.25) is 4.79 Å². The molecule has 4 nitrogen and oxygen atoms in total. The van der Waals surface area contributed by atoms with Crippen molar-refractivity contribution in [2.75, 3.05) is 11.5 Å². The van der Waals surface area contributed by atoms with Crippen molar-refractivity contribution in [3.05, 3.63) is 120 Å². The van der Waals surface area contributed by atoms with Crippen LogP contribution < -0.4 is 9.64 Å². The molecule has 36 heavy (non-hydrogen) atoms. The van der Waals surface area contributed by atoms with E-state index in [-0.39, 0.29) is 12.4 Å². The van der Waals surface area contributed by atoms with E-state index < -0.39 is 5.60 Å². The summed E-state index contributed by atoms with van der Waals surface area (Å²) in [6.07, 6.45) is 2.13. The molecule has 0 saturated heterocycles. The van der Waals surface area contributed by atoms with Crippen molar-refractivity contribution in [3.63, 3.8) is 0 Å². The highest BCUT2D eigenvalue weighted by molar-refractivity contribution is 5.87. The average Bonchev–Trinajstić information content (AvgIpc) is 2.94. The van der Waals surface area contributed by atoms with E-state index in [9.17, 15) is 9.90 Å². The molecule has 0 heterocycles. The molecule has 0 aliphatic heterocycles. The van der Waals surface area contributed by atoms with E-state index in [2.05, 4.69) is 77.7 Å². The van der Waals surface area contributed by atoms with Crippen molar-refractivity contribution < 1.29 is 14.6 Å². The molecule has 0 aromatic heterocycles. The topological polar surface area (TPSA) is 49.8 Å². The van der Waals surface area contributed by atoms with Crippen LogP contribution in [0.2, 0.25) is 0 Å². The molecule has 0 fully saturated rings. The van der Waals surface area contributed by atoms with Gasteiger partial charge >= 0.3 is 0 Å². The van der Waals surface area contributed by atoms with Crippen molar-refractivity contribution in [2.45, 2.75) is 38.7 Å². The Morgan fingerprint density at radius 3 is 1.61 bits per heavy atom. The Hall–Kier alpha value is -3.89. The Kier molecular flexibility index (Phi) is 8.19. The molecule has 0 spiro atoms. The van der Waals surface area contributed by atoms with E-state index in [0.717, 1.165) is 29.9 Å². The minimum atomic E-state index is -1.20. The fraction of sp³-hybridized carbons (Fsp3) is 0.219. The maximum atomic E-state index is 12.1. The molecule has 4 rings (SSSR count). The Labute approximate surface area is 213 Å². The van der Waals surface area contributed by atoms with Crippen molar-refractivity contribution in [2.24, 2.45) is 0 Å². The van der Waals surface area contributed by atoms with Crippen molar-refractivity contribution in [1.29, 1.82) is 0 Å². The summed E-state index contributed by atoms with van der Waals surface area (Å²) >= 11 is 0. The van der Waals surface area contributed by atoms with E-state index in [1.165, 1.54) is 11.1 Å². The van der Waals surface area contributed by atoms with Crippen LogP contribution in [-0.4, -0.2) is 23.1 Å². The largest absolute Gasteiger partial charge is 0.477 e. The van der Waals surface area contributed by atoms with Gasteiger partial charge in [0.15, 0.2) is 11.4 Å². The minimum Gasteiger partial charge on any atom is -0.477 e. The quantitative estimate of drug-likeness (QED) is 0.250. The first kappa shape index (κ1) is 25.2. The first-order valence-corrected chi connectivity index (χ1v) is 12.4. The van der Waals surface area contributed by atoms with Gasteiger partial charge in [0.1, 0.15) is 5.75 Å². The number of aliphatic hydroxyl groups is 1. The summed E-state index contributed by atoms with van der Waals surface area (Å²) in [6, 6.07) is 37.3. The van der Waals surface area contributed by atoms with E-state index in [1.807, 2.05) is 36.4 Å². The van der Waals surface area contributed by atoms with Crippen LogP contribution in [0.4, 0.5) is 17.1 Å². The van der Waals surface area contributed by atoms with Gasteiger partial charge in [-0.2, -0.15) is 0 Å². The molecule has 0 aliphatic rings. The summed E-state index contributed by atoms with van der Waals surface area (Å²) < 4.78 is 5.83. The lowest BCUT2D eigenvalue weighted by molar-refractivity contribution is -0.136. The highest BCUT2D eigenvalue weighted by Gasteiger charge is 2.33. The van der Waals surface area contributed by atoms with Gasteiger partial charge in [-0.25, -0.2) is 0 Å². The van der Waals surface area contributed by atoms with Gasteiger partial charge in [0, 0.05) is 23.5 Å². The fourth-order valence-corrected chi connectivity index (χ4v) is 4.24. The van der Waals surface area contributed by atoms with Crippen LogP contribution in [0.25, 0.3) is 0 Å². The van der Waals surface area contributed by atoms with E-state index in [0.29, 0.717) is 12.2 Å². The first-order valence-electron chi connectivity index (χ1n) is 12.4. The highest BCUT2D eigenvalue weighted by Crippen LogP contribution is 2.34. The number of anilines is 3. The number of ketones is 1. The average molecular weight is 480 g/mol. The van der Waals surface area contributed by atoms with Gasteiger partial charge < -0.3 is 14.7 Å². The third kappa shape index (κ3) is 6.02. The maximum absolute atomic E-state index is 12.1. The number of carbonyl (C=O) groups is 1. The van der Waals surface area contributed by atoms with Crippen molar-refractivity contribution >= 4 is 22.8 Å². The molecule has 4 heteroatoms. The van der Waals surface area contributed by atoms with Gasteiger partial charge in [-0.1, -0.05) is 67.6 Å². The number of para-hydroxylation sites is 2. The zero-order chi connectivity index (χ0) is 25.4. The zero-order valence-corrected chi connectivity index (χ0v) is 20.9. The van der Waals surface area contributed by atoms with Crippen LogP contribution >= 0.6 is 0 Å². The van der Waals surface area contributed by atoms with Crippen LogP contribution in [0.5, 0.6) is 5.75 Å². The summed E-state index contributed by atoms with van der Waals surface area (Å²) in [7, 11) is 0. The van der Waals surface area contributed by atoms with Crippen LogP contribution in [0, 0.1) is 0 Å². The second-order valence-corrected chi connectivity index (χ2v) is 9.08. The van der Waals surface area contributed by atoms with Crippen molar-refractivity contribution in [1.82, 2.24) is 0 Å². The third-order valence-electron chi connectivity index (χ3n) is 6.40. The Morgan fingerprint density at radius 2 is 1.17 bits per heavy atom. The predicted molar refractivity (Wildman–Crippen MR) is 146 cm³/mol. The molecule has 0 bridgehead atoms. The number of ether oxygens (including phenoxy) is 1. The summed E-state index contributed by atoms with van der Waals surface area (Å²) in [4.78, 5) is 14.4. The lowest BCUT2D eigenvalue weighted by Crippen LogP contribution is -2.44. The monoisotopic (exact) mass is 479 g/mol. The van der Waals surface area contributed by atoms with Crippen LogP contribution in [0.3, 0.4) is 0 Å². The summed E-state index contributed by atoms with van der Waals surface area (Å²) in [5.41, 5.74) is 4.61. The summed E-state index contributed by atoms with van der Waals surface area (Å²) in [5.74, 6) is 0.471. The highest BCUT2D eigenvalue weighted by atomic mass is 16.5. The third-order valence-corrected chi connectivity index (χ3v) is 6.40. The van der Waals surface area contributed by atoms with Crippen LogP contribution in [-0.2, 0) is 17.6 Å². The smallest absolute Gasteiger partial charge is 0.187 e. The molecule has 0 radical (unpaired) electrons. The molecule has 1 N–H and O–H groups in total. The van der Waals surface area contributed by atoms with E-state index >= 15 is 0 Å². The van der Waals surface area contributed by atoms with E-state index in [1.54, 1.807) is 13.8 Å². The summed E-state index contributed by atoms with van der Waals surface area (Å²) in [6.45, 7) is 3.06. The Bertz CT molecular complexity index is 1200. The van der Waals surface area contributed by atoms with Crippen LogP contribution in [0.15, 0.2) is 109 Å². The first-order chi connectivity index (χ1) is 17.5. The minimum absolute atomic E-state index is 0.115. The molecule has 4 aromatic rings. The van der Waals surface area contributed by atoms with E-state index in [4.69, 9.17) is 4.74 Å². The number of hydrogen-bond donors (Lipinski definition) is 1. The SMILES string of the molecule is CCC(=O)C(C)(CO)Oc1ccc(CCc2ccc(N(c3ccccc3)c3ccccc3)cc2)cc1. The van der Waals surface area contributed by atoms with Gasteiger partial charge in [-0.15, -0.1) is 0 Å². The summed E-state index contributed by atoms with van der Waals surface area (Å²) in [5, 5.41) is 9.65. The normalized spacial score (nSPS) is 12.5. The molecule has 184 valence electrons. The number of Topliss-reactive ketones (excluding diaryl/α,β-unsaturated/α-hetero) is 1. The Morgan fingerprint density at radius 1 is 0.722 bits per heavy atom. The number of carbonyl (C=O) groups excluding carboxylic acids is 1.